The second kappa shape index (κ2) is 5.40. The van der Waals surface area contributed by atoms with Crippen molar-refractivity contribution in [1.29, 1.82) is 0 Å². The van der Waals surface area contributed by atoms with Gasteiger partial charge in [-0.25, -0.2) is 0 Å². The molecule has 1 heterocycles. The average Bonchev–Trinajstić information content (AvgIpc) is 2.57. The highest BCUT2D eigenvalue weighted by Crippen LogP contribution is 2.21. The number of carbonyl (C=O) groups is 2. The summed E-state index contributed by atoms with van der Waals surface area (Å²) in [7, 11) is 0. The molecular formula is C17H16N2O2. The lowest BCUT2D eigenvalue weighted by Gasteiger charge is -2.14. The van der Waals surface area contributed by atoms with Gasteiger partial charge < -0.3 is 10.6 Å². The molecule has 4 heteroatoms. The molecule has 1 unspecified atom stereocenters. The van der Waals surface area contributed by atoms with Crippen LogP contribution in [0.1, 0.15) is 21.5 Å². The summed E-state index contributed by atoms with van der Waals surface area (Å²) in [5, 5.41) is 5.64. The number of amides is 2. The van der Waals surface area contributed by atoms with Crippen LogP contribution >= 0.6 is 0 Å². The molecule has 0 aromatic heterocycles. The zero-order valence-corrected chi connectivity index (χ0v) is 11.7. The minimum atomic E-state index is -0.562. The van der Waals surface area contributed by atoms with E-state index in [4.69, 9.17) is 0 Å². The van der Waals surface area contributed by atoms with E-state index in [-0.39, 0.29) is 11.8 Å². The zero-order chi connectivity index (χ0) is 14.8. The van der Waals surface area contributed by atoms with Gasteiger partial charge in [0.25, 0.3) is 5.91 Å². The number of nitrogens with one attached hydrogen (secondary N) is 2. The highest BCUT2D eigenvalue weighted by Gasteiger charge is 2.27. The van der Waals surface area contributed by atoms with E-state index >= 15 is 0 Å². The smallest absolute Gasteiger partial charge is 0.254 e. The van der Waals surface area contributed by atoms with Crippen molar-refractivity contribution >= 4 is 17.5 Å². The molecule has 21 heavy (non-hydrogen) atoms. The Bertz CT molecular complexity index is 695. The van der Waals surface area contributed by atoms with Crippen LogP contribution in [0.15, 0.2) is 48.5 Å². The molecule has 2 amide bonds. The van der Waals surface area contributed by atoms with Gasteiger partial charge in [0.05, 0.1) is 11.3 Å². The van der Waals surface area contributed by atoms with Crippen molar-refractivity contribution in [3.8, 4) is 0 Å². The van der Waals surface area contributed by atoms with Gasteiger partial charge in [-0.3, -0.25) is 9.59 Å². The van der Waals surface area contributed by atoms with Gasteiger partial charge in [0.15, 0.2) is 0 Å². The molecule has 1 aliphatic heterocycles. The molecule has 0 spiro atoms. The molecule has 0 fully saturated rings. The average molecular weight is 280 g/mol. The van der Waals surface area contributed by atoms with E-state index < -0.39 is 6.04 Å². The molecule has 0 saturated carbocycles. The highest BCUT2D eigenvalue weighted by atomic mass is 16.2. The monoisotopic (exact) mass is 280 g/mol. The Morgan fingerprint density at radius 3 is 2.57 bits per heavy atom. The van der Waals surface area contributed by atoms with Gasteiger partial charge in [-0.05, 0) is 30.2 Å². The van der Waals surface area contributed by atoms with Gasteiger partial charge in [-0.1, -0.05) is 36.4 Å². The van der Waals surface area contributed by atoms with Crippen LogP contribution in [0.3, 0.4) is 0 Å². The summed E-state index contributed by atoms with van der Waals surface area (Å²) in [4.78, 5) is 24.6. The van der Waals surface area contributed by atoms with E-state index in [2.05, 4.69) is 10.6 Å². The fourth-order valence-electron chi connectivity index (χ4n) is 2.47. The third kappa shape index (κ3) is 2.79. The van der Waals surface area contributed by atoms with Gasteiger partial charge in [-0.2, -0.15) is 0 Å². The summed E-state index contributed by atoms with van der Waals surface area (Å²) in [5.74, 6) is -0.402. The van der Waals surface area contributed by atoms with E-state index in [0.29, 0.717) is 17.7 Å². The Labute approximate surface area is 123 Å². The van der Waals surface area contributed by atoms with Crippen LogP contribution in [0.5, 0.6) is 0 Å². The van der Waals surface area contributed by atoms with Crippen molar-refractivity contribution in [1.82, 2.24) is 5.32 Å². The van der Waals surface area contributed by atoms with Crippen LogP contribution in [0.2, 0.25) is 0 Å². The largest absolute Gasteiger partial charge is 0.340 e. The summed E-state index contributed by atoms with van der Waals surface area (Å²) >= 11 is 0. The molecule has 0 bridgehead atoms. The number of benzene rings is 2. The predicted molar refractivity (Wildman–Crippen MR) is 81.2 cm³/mol. The maximum absolute atomic E-state index is 12.3. The SMILES string of the molecule is Cc1ccc2c(c1)NC(=O)C(Cc1ccccc1)NC2=O. The minimum absolute atomic E-state index is 0.184. The standard InChI is InChI=1S/C17H16N2O2/c1-11-7-8-13-14(9-11)18-17(21)15(19-16(13)20)10-12-5-3-2-4-6-12/h2-9,15H,10H2,1H3,(H,18,21)(H,19,20). The van der Waals surface area contributed by atoms with Crippen molar-refractivity contribution in [2.45, 2.75) is 19.4 Å². The van der Waals surface area contributed by atoms with Crippen LogP contribution in [-0.4, -0.2) is 17.9 Å². The molecule has 0 radical (unpaired) electrons. The first-order chi connectivity index (χ1) is 10.1. The first kappa shape index (κ1) is 13.4. The van der Waals surface area contributed by atoms with Crippen molar-refractivity contribution in [2.75, 3.05) is 5.32 Å². The molecule has 0 saturated heterocycles. The maximum Gasteiger partial charge on any atom is 0.254 e. The lowest BCUT2D eigenvalue weighted by atomic mass is 10.1. The molecule has 1 aliphatic rings. The van der Waals surface area contributed by atoms with E-state index in [0.717, 1.165) is 11.1 Å². The van der Waals surface area contributed by atoms with E-state index in [1.807, 2.05) is 49.4 Å². The lowest BCUT2D eigenvalue weighted by Crippen LogP contribution is -2.42. The van der Waals surface area contributed by atoms with Crippen LogP contribution in [0, 0.1) is 6.92 Å². The Balaban J connectivity index is 1.87. The predicted octanol–water partition coefficient (Wildman–Crippen LogP) is 2.29. The Morgan fingerprint density at radius 1 is 1.05 bits per heavy atom. The van der Waals surface area contributed by atoms with Crippen LogP contribution in [0.25, 0.3) is 0 Å². The number of hydrogen-bond donors (Lipinski definition) is 2. The molecule has 1 atom stereocenters. The normalized spacial score (nSPS) is 17.5. The van der Waals surface area contributed by atoms with Crippen molar-refractivity contribution in [2.24, 2.45) is 0 Å². The Hall–Kier alpha value is -2.62. The zero-order valence-electron chi connectivity index (χ0n) is 11.7. The van der Waals surface area contributed by atoms with E-state index in [1.54, 1.807) is 6.07 Å². The summed E-state index contributed by atoms with van der Waals surface area (Å²) in [6.07, 6.45) is 0.478. The number of anilines is 1. The van der Waals surface area contributed by atoms with Crippen LogP contribution in [0.4, 0.5) is 5.69 Å². The first-order valence-electron chi connectivity index (χ1n) is 6.90. The second-order valence-electron chi connectivity index (χ2n) is 5.25. The van der Waals surface area contributed by atoms with Crippen molar-refractivity contribution in [3.05, 3.63) is 65.2 Å². The van der Waals surface area contributed by atoms with Gasteiger partial charge in [0.2, 0.25) is 5.91 Å². The molecule has 3 rings (SSSR count). The van der Waals surface area contributed by atoms with Gasteiger partial charge in [0, 0.05) is 6.42 Å². The molecule has 2 aromatic carbocycles. The van der Waals surface area contributed by atoms with E-state index in [1.165, 1.54) is 0 Å². The summed E-state index contributed by atoms with van der Waals surface area (Å²) in [6.45, 7) is 1.93. The molecular weight excluding hydrogens is 264 g/mol. The maximum atomic E-state index is 12.3. The van der Waals surface area contributed by atoms with Crippen molar-refractivity contribution < 1.29 is 9.59 Å². The lowest BCUT2D eigenvalue weighted by molar-refractivity contribution is -0.117. The topological polar surface area (TPSA) is 58.2 Å². The number of carbonyl (C=O) groups excluding carboxylic acids is 2. The fraction of sp³-hybridized carbons (Fsp3) is 0.176. The highest BCUT2D eigenvalue weighted by molar-refractivity contribution is 6.10. The fourth-order valence-corrected chi connectivity index (χ4v) is 2.47. The van der Waals surface area contributed by atoms with Gasteiger partial charge >= 0.3 is 0 Å². The number of hydrogen-bond acceptors (Lipinski definition) is 2. The quantitative estimate of drug-likeness (QED) is 0.886. The first-order valence-corrected chi connectivity index (χ1v) is 6.90. The third-order valence-corrected chi connectivity index (χ3v) is 3.58. The molecule has 106 valence electrons. The minimum Gasteiger partial charge on any atom is -0.340 e. The molecule has 0 aliphatic carbocycles. The van der Waals surface area contributed by atoms with Gasteiger partial charge in [0.1, 0.15) is 6.04 Å². The Kier molecular flexibility index (Phi) is 3.44. The Morgan fingerprint density at radius 2 is 1.81 bits per heavy atom. The number of rotatable bonds is 2. The van der Waals surface area contributed by atoms with Crippen LogP contribution in [-0.2, 0) is 11.2 Å². The van der Waals surface area contributed by atoms with E-state index in [9.17, 15) is 9.59 Å². The molecule has 2 N–H and O–H groups in total. The van der Waals surface area contributed by atoms with Crippen LogP contribution < -0.4 is 10.6 Å². The third-order valence-electron chi connectivity index (χ3n) is 3.58. The second-order valence-corrected chi connectivity index (χ2v) is 5.25. The van der Waals surface area contributed by atoms with Crippen molar-refractivity contribution in [3.63, 3.8) is 0 Å². The summed E-state index contributed by atoms with van der Waals surface area (Å²) in [6, 6.07) is 14.5. The summed E-state index contributed by atoms with van der Waals surface area (Å²) in [5.41, 5.74) is 3.10. The molecule has 2 aromatic rings. The molecule has 4 nitrogen and oxygen atoms in total. The number of fused-ring (bicyclic) bond motifs is 1. The number of aryl methyl sites for hydroxylation is 1. The van der Waals surface area contributed by atoms with Gasteiger partial charge in [-0.15, -0.1) is 0 Å². The summed E-state index contributed by atoms with van der Waals surface area (Å²) < 4.78 is 0.